The second-order valence-electron chi connectivity index (χ2n) is 7.88. The third kappa shape index (κ3) is 6.52. The summed E-state index contributed by atoms with van der Waals surface area (Å²) in [6.07, 6.45) is -1.12. The van der Waals surface area contributed by atoms with Crippen molar-refractivity contribution in [2.45, 2.75) is 39.0 Å². The third-order valence-electron chi connectivity index (χ3n) is 4.97. The van der Waals surface area contributed by atoms with E-state index < -0.39 is 19.3 Å². The monoisotopic (exact) mass is 475 g/mol. The van der Waals surface area contributed by atoms with Crippen LogP contribution < -0.4 is 10.2 Å². The Labute approximate surface area is 187 Å². The van der Waals surface area contributed by atoms with Crippen LogP contribution in [0, 0.1) is 5.41 Å². The number of hydrogen-bond donors (Lipinski definition) is 2. The highest BCUT2D eigenvalue weighted by atomic mass is 35.5. The van der Waals surface area contributed by atoms with Crippen molar-refractivity contribution in [3.05, 3.63) is 69.7 Å². The summed E-state index contributed by atoms with van der Waals surface area (Å²) in [6, 6.07) is 14.9. The minimum Gasteiger partial charge on any atom is -0.756 e. The summed E-state index contributed by atoms with van der Waals surface area (Å²) < 4.78 is 21.2. The van der Waals surface area contributed by atoms with Gasteiger partial charge in [-0.1, -0.05) is 73.4 Å². The summed E-state index contributed by atoms with van der Waals surface area (Å²) >= 11 is 12.2. The molecular weight excluding hydrogens is 448 g/mol. The Kier molecular flexibility index (Phi) is 8.92. The number of aliphatic hydroxyl groups is 1. The van der Waals surface area contributed by atoms with E-state index in [0.29, 0.717) is 15.6 Å². The van der Waals surface area contributed by atoms with E-state index in [1.54, 1.807) is 18.2 Å². The van der Waals surface area contributed by atoms with Crippen LogP contribution in [-0.4, -0.2) is 24.8 Å². The zero-order chi connectivity index (χ0) is 22.5. The molecule has 9 heteroatoms. The van der Waals surface area contributed by atoms with Gasteiger partial charge in [0.25, 0.3) is 7.82 Å². The molecule has 2 aromatic carbocycles. The van der Waals surface area contributed by atoms with E-state index in [1.807, 2.05) is 63.5 Å². The quantitative estimate of drug-likeness (QED) is 0.654. The van der Waals surface area contributed by atoms with Gasteiger partial charge in [-0.05, 0) is 24.6 Å². The molecular formula is C21H28Cl2NO5P. The van der Waals surface area contributed by atoms with Crippen molar-refractivity contribution in [1.82, 2.24) is 0 Å². The fourth-order valence-electron chi connectivity index (χ4n) is 2.96. The molecule has 0 radical (unpaired) electrons. The number of benzene rings is 2. The van der Waals surface area contributed by atoms with E-state index in [0.717, 1.165) is 5.56 Å². The first-order chi connectivity index (χ1) is 14.0. The van der Waals surface area contributed by atoms with Crippen LogP contribution in [0.5, 0.6) is 0 Å². The van der Waals surface area contributed by atoms with Gasteiger partial charge >= 0.3 is 0 Å². The lowest BCUT2D eigenvalue weighted by atomic mass is 9.83. The summed E-state index contributed by atoms with van der Waals surface area (Å²) in [5, 5.41) is 12.5. The zero-order valence-electron chi connectivity index (χ0n) is 17.4. The summed E-state index contributed by atoms with van der Waals surface area (Å²) in [7, 11) is -2.33. The average Bonchev–Trinajstić information content (AvgIpc) is 2.71. The first-order valence-electron chi connectivity index (χ1n) is 9.59. The highest BCUT2D eigenvalue weighted by Gasteiger charge is 2.42. The van der Waals surface area contributed by atoms with Gasteiger partial charge in [0.05, 0.1) is 13.7 Å². The molecule has 30 heavy (non-hydrogen) atoms. The predicted molar refractivity (Wildman–Crippen MR) is 116 cm³/mol. The van der Waals surface area contributed by atoms with Crippen molar-refractivity contribution in [2.75, 3.05) is 13.7 Å². The second-order valence-corrected chi connectivity index (χ2v) is 10.1. The van der Waals surface area contributed by atoms with E-state index in [1.165, 1.54) is 0 Å². The number of phosphoric ester groups is 1. The van der Waals surface area contributed by atoms with Crippen molar-refractivity contribution in [2.24, 2.45) is 5.41 Å². The van der Waals surface area contributed by atoms with Gasteiger partial charge in [-0.3, -0.25) is 4.57 Å². The average molecular weight is 476 g/mol. The van der Waals surface area contributed by atoms with Crippen LogP contribution in [0.1, 0.15) is 44.1 Å². The fourth-order valence-corrected chi connectivity index (χ4v) is 4.76. The van der Waals surface area contributed by atoms with Crippen LogP contribution in [-0.2, 0) is 13.6 Å². The molecule has 166 valence electrons. The maximum Gasteiger partial charge on any atom is 0.268 e. The Morgan fingerprint density at radius 2 is 1.73 bits per heavy atom. The summed E-state index contributed by atoms with van der Waals surface area (Å²) in [5.41, 5.74) is 0.917. The summed E-state index contributed by atoms with van der Waals surface area (Å²) in [5.74, 6) is 0. The zero-order valence-corrected chi connectivity index (χ0v) is 19.8. The number of hydrogen-bond acceptors (Lipinski definition) is 5. The standard InChI is InChI=1S/C11H13Cl2O4P.C10H15NO/c1-11(2)6-16-18(14,15)17-10(11)9-7(12)4-3-5-8(9)13;1-8(11-2)10(12)9-6-4-3-5-7-9/h3-5,10H,6H2,1-2H3,(H,14,15);3-8,10-12H,1-2H3/t10-;8-,10-/m00/s1. The van der Waals surface area contributed by atoms with Crippen molar-refractivity contribution in [3.8, 4) is 0 Å². The number of aliphatic hydroxyl groups excluding tert-OH is 1. The molecule has 0 amide bonds. The minimum absolute atomic E-state index is 0.0278. The van der Waals surface area contributed by atoms with Gasteiger partial charge in [0.15, 0.2) is 0 Å². The molecule has 0 spiro atoms. The first-order valence-corrected chi connectivity index (χ1v) is 11.8. The number of quaternary nitrogens is 1. The van der Waals surface area contributed by atoms with E-state index in [9.17, 15) is 14.6 Å². The summed E-state index contributed by atoms with van der Waals surface area (Å²) in [6.45, 7) is 5.70. The van der Waals surface area contributed by atoms with Crippen LogP contribution in [0.4, 0.5) is 0 Å². The smallest absolute Gasteiger partial charge is 0.268 e. The lowest BCUT2D eigenvalue weighted by molar-refractivity contribution is -0.669. The highest BCUT2D eigenvalue weighted by Crippen LogP contribution is 2.57. The molecule has 3 rings (SSSR count). The fraction of sp³-hybridized carbons (Fsp3) is 0.429. The van der Waals surface area contributed by atoms with Crippen LogP contribution in [0.25, 0.3) is 0 Å². The molecule has 0 aliphatic carbocycles. The van der Waals surface area contributed by atoms with Gasteiger partial charge in [-0.15, -0.1) is 0 Å². The number of phosphoric acid groups is 1. The van der Waals surface area contributed by atoms with E-state index in [2.05, 4.69) is 0 Å². The maximum atomic E-state index is 11.4. The molecule has 4 atom stereocenters. The largest absolute Gasteiger partial charge is 0.756 e. The number of nitrogens with two attached hydrogens (primary N) is 1. The molecule has 3 N–H and O–H groups in total. The van der Waals surface area contributed by atoms with E-state index >= 15 is 0 Å². The van der Waals surface area contributed by atoms with E-state index in [4.69, 9.17) is 32.2 Å². The molecule has 1 aliphatic rings. The van der Waals surface area contributed by atoms with Gasteiger partial charge < -0.3 is 24.4 Å². The predicted octanol–water partition coefficient (Wildman–Crippen LogP) is 3.88. The lowest BCUT2D eigenvalue weighted by Crippen LogP contribution is -2.86. The van der Waals surface area contributed by atoms with Crippen LogP contribution in [0.15, 0.2) is 48.5 Å². The van der Waals surface area contributed by atoms with Crippen molar-refractivity contribution >= 4 is 31.0 Å². The van der Waals surface area contributed by atoms with Crippen LogP contribution in [0.3, 0.4) is 0 Å². The maximum absolute atomic E-state index is 11.4. The number of halogens is 2. The topological polar surface area (TPSA) is 95.4 Å². The molecule has 0 saturated carbocycles. The van der Waals surface area contributed by atoms with Crippen LogP contribution in [0.2, 0.25) is 10.0 Å². The Morgan fingerprint density at radius 1 is 1.17 bits per heavy atom. The third-order valence-corrected chi connectivity index (χ3v) is 6.54. The molecule has 2 aromatic rings. The molecule has 1 fully saturated rings. The molecule has 1 saturated heterocycles. The molecule has 1 aliphatic heterocycles. The Bertz CT molecular complexity index is 861. The molecule has 1 heterocycles. The molecule has 0 aromatic heterocycles. The lowest BCUT2D eigenvalue weighted by Gasteiger charge is -2.44. The summed E-state index contributed by atoms with van der Waals surface area (Å²) in [4.78, 5) is 11.4. The highest BCUT2D eigenvalue weighted by molar-refractivity contribution is 7.45. The normalized spacial score (nSPS) is 25.0. The van der Waals surface area contributed by atoms with Crippen LogP contribution >= 0.6 is 31.0 Å². The van der Waals surface area contributed by atoms with Crippen molar-refractivity contribution in [3.63, 3.8) is 0 Å². The van der Waals surface area contributed by atoms with E-state index in [-0.39, 0.29) is 18.8 Å². The second kappa shape index (κ2) is 10.6. The Morgan fingerprint density at radius 3 is 2.27 bits per heavy atom. The van der Waals surface area contributed by atoms with Crippen molar-refractivity contribution in [1.29, 1.82) is 0 Å². The Balaban J connectivity index is 0.000000232. The first kappa shape index (κ1) is 25.3. The van der Waals surface area contributed by atoms with Gasteiger partial charge in [0.2, 0.25) is 0 Å². The molecule has 6 nitrogen and oxygen atoms in total. The SMILES string of the molecule is CC1(C)COP(=O)([O-])O[C@H]1c1c(Cl)cccc1Cl.C[NH2+][C@@H](C)[C@H](O)c1ccccc1. The Hall–Kier alpha value is -0.950. The van der Waals surface area contributed by atoms with Crippen molar-refractivity contribution < 1.29 is 28.9 Å². The molecule has 1 unspecified atom stereocenters. The van der Waals surface area contributed by atoms with Gasteiger partial charge in [0.1, 0.15) is 18.2 Å². The number of rotatable bonds is 4. The minimum atomic E-state index is -4.30. The number of likely N-dealkylation sites (N-methyl/N-ethyl adjacent to an activating group) is 1. The van der Waals surface area contributed by atoms with Gasteiger partial charge in [-0.2, -0.15) is 0 Å². The van der Waals surface area contributed by atoms with Gasteiger partial charge in [0, 0.05) is 21.0 Å². The molecule has 0 bridgehead atoms. The van der Waals surface area contributed by atoms with Gasteiger partial charge in [-0.25, -0.2) is 0 Å².